The zero-order valence-electron chi connectivity index (χ0n) is 8.11. The molecule has 1 rings (SSSR count). The summed E-state index contributed by atoms with van der Waals surface area (Å²) in [5.74, 6) is 0.965. The molecule has 0 saturated carbocycles. The van der Waals surface area contributed by atoms with E-state index in [-0.39, 0.29) is 17.9 Å². The van der Waals surface area contributed by atoms with E-state index in [0.29, 0.717) is 6.10 Å². The van der Waals surface area contributed by atoms with Crippen LogP contribution in [0.2, 0.25) is 0 Å². The first-order valence-electron chi connectivity index (χ1n) is 4.83. The molecule has 4 heteroatoms. The number of ether oxygens (including phenoxy) is 1. The summed E-state index contributed by atoms with van der Waals surface area (Å²) in [4.78, 5) is 0. The Labute approximate surface area is 84.0 Å². The molecule has 0 bridgehead atoms. The zero-order chi connectivity index (χ0) is 9.68. The van der Waals surface area contributed by atoms with Gasteiger partial charge in [-0.1, -0.05) is 0 Å². The highest BCUT2D eigenvalue weighted by Gasteiger charge is 2.19. The molecule has 1 fully saturated rings. The molecule has 1 aliphatic heterocycles. The van der Waals surface area contributed by atoms with Crippen molar-refractivity contribution in [2.75, 3.05) is 19.0 Å². The van der Waals surface area contributed by atoms with E-state index >= 15 is 0 Å². The number of thioether (sulfide) groups is 1. The average molecular weight is 205 g/mol. The third-order valence-electron chi connectivity index (χ3n) is 2.29. The Morgan fingerprint density at radius 1 is 1.69 bits per heavy atom. The van der Waals surface area contributed by atoms with Gasteiger partial charge in [0.2, 0.25) is 0 Å². The van der Waals surface area contributed by atoms with E-state index in [0.717, 1.165) is 18.8 Å². The molecule has 0 radical (unpaired) electrons. The first-order valence-corrected chi connectivity index (χ1v) is 5.88. The first kappa shape index (κ1) is 11.3. The fourth-order valence-electron chi connectivity index (χ4n) is 1.38. The van der Waals surface area contributed by atoms with Gasteiger partial charge in [0.25, 0.3) is 0 Å². The fraction of sp³-hybridized carbons (Fsp3) is 1.00. The molecule has 0 aromatic rings. The summed E-state index contributed by atoms with van der Waals surface area (Å²) in [6.45, 7) is 2.99. The van der Waals surface area contributed by atoms with E-state index in [4.69, 9.17) is 15.6 Å². The summed E-state index contributed by atoms with van der Waals surface area (Å²) in [5, 5.41) is 9.19. The van der Waals surface area contributed by atoms with E-state index in [9.17, 15) is 0 Å². The van der Waals surface area contributed by atoms with E-state index in [1.807, 2.05) is 6.92 Å². The molecule has 1 heterocycles. The van der Waals surface area contributed by atoms with Gasteiger partial charge in [-0.25, -0.2) is 0 Å². The third-order valence-corrected chi connectivity index (χ3v) is 3.86. The van der Waals surface area contributed by atoms with Crippen molar-refractivity contribution in [3.8, 4) is 0 Å². The lowest BCUT2D eigenvalue weighted by Crippen LogP contribution is -2.33. The quantitative estimate of drug-likeness (QED) is 0.690. The second-order valence-electron chi connectivity index (χ2n) is 3.55. The Balaban J connectivity index is 2.15. The van der Waals surface area contributed by atoms with Crippen molar-refractivity contribution in [1.82, 2.24) is 0 Å². The second kappa shape index (κ2) is 5.86. The maximum absolute atomic E-state index is 9.03. The first-order chi connectivity index (χ1) is 6.24. The van der Waals surface area contributed by atoms with Crippen molar-refractivity contribution in [1.29, 1.82) is 0 Å². The Kier molecular flexibility index (Phi) is 5.09. The molecule has 3 N–H and O–H groups in total. The van der Waals surface area contributed by atoms with E-state index in [2.05, 4.69) is 0 Å². The average Bonchev–Trinajstić information content (AvgIpc) is 2.57. The normalized spacial score (nSPS) is 27.5. The molecule has 1 saturated heterocycles. The number of rotatable bonds is 5. The Hall–Kier alpha value is 0.230. The Morgan fingerprint density at radius 2 is 2.46 bits per heavy atom. The molecule has 0 aromatic carbocycles. The molecule has 0 spiro atoms. The van der Waals surface area contributed by atoms with Gasteiger partial charge in [-0.2, -0.15) is 11.8 Å². The number of hydrogen-bond donors (Lipinski definition) is 2. The van der Waals surface area contributed by atoms with Crippen molar-refractivity contribution in [3.63, 3.8) is 0 Å². The van der Waals surface area contributed by atoms with Crippen LogP contribution in [0.15, 0.2) is 0 Å². The van der Waals surface area contributed by atoms with Gasteiger partial charge < -0.3 is 15.6 Å². The maximum atomic E-state index is 9.03. The van der Waals surface area contributed by atoms with Crippen molar-refractivity contribution >= 4 is 11.8 Å². The van der Waals surface area contributed by atoms with Crippen LogP contribution in [0.4, 0.5) is 0 Å². The van der Waals surface area contributed by atoms with Gasteiger partial charge >= 0.3 is 0 Å². The smallest absolute Gasteiger partial charge is 0.0666 e. The molecule has 0 aliphatic carbocycles. The number of aliphatic hydroxyl groups excluding tert-OH is 1. The topological polar surface area (TPSA) is 55.5 Å². The molecule has 0 amide bonds. The molecule has 13 heavy (non-hydrogen) atoms. The summed E-state index contributed by atoms with van der Waals surface area (Å²) < 4.78 is 5.48. The van der Waals surface area contributed by atoms with Gasteiger partial charge in [0.1, 0.15) is 0 Å². The van der Waals surface area contributed by atoms with Crippen molar-refractivity contribution < 1.29 is 9.84 Å². The Bertz CT molecular complexity index is 138. The van der Waals surface area contributed by atoms with Crippen LogP contribution in [0, 0.1) is 0 Å². The summed E-state index contributed by atoms with van der Waals surface area (Å²) in [7, 11) is 0. The fourth-order valence-corrected chi connectivity index (χ4v) is 2.51. The van der Waals surface area contributed by atoms with Gasteiger partial charge in [-0.3, -0.25) is 0 Å². The molecule has 78 valence electrons. The summed E-state index contributed by atoms with van der Waals surface area (Å²) in [5.41, 5.74) is 5.71. The van der Waals surface area contributed by atoms with Crippen LogP contribution in [0.5, 0.6) is 0 Å². The molecule has 1 aliphatic rings. The van der Waals surface area contributed by atoms with Crippen molar-refractivity contribution in [2.45, 2.75) is 37.2 Å². The van der Waals surface area contributed by atoms with Crippen LogP contribution in [-0.2, 0) is 4.74 Å². The maximum Gasteiger partial charge on any atom is 0.0666 e. The zero-order valence-corrected chi connectivity index (χ0v) is 8.93. The summed E-state index contributed by atoms with van der Waals surface area (Å²) in [6.07, 6.45) is 2.72. The minimum absolute atomic E-state index is 0.0522. The van der Waals surface area contributed by atoms with Crippen LogP contribution in [-0.4, -0.2) is 41.5 Å². The monoisotopic (exact) mass is 205 g/mol. The minimum atomic E-state index is 0.0522. The molecular formula is C9H19NO2S. The predicted octanol–water partition coefficient (Wildman–Crippen LogP) is 0.607. The van der Waals surface area contributed by atoms with E-state index < -0.39 is 0 Å². The lowest BCUT2D eigenvalue weighted by molar-refractivity contribution is 0.128. The molecule has 3 atom stereocenters. The largest absolute Gasteiger partial charge is 0.395 e. The standard InChI is InChI=1S/C9H19NO2S/c1-7(10)9(5-11)13-6-8-3-2-4-12-8/h7-9,11H,2-6,10H2,1H3. The van der Waals surface area contributed by atoms with Gasteiger partial charge in [-0.05, 0) is 19.8 Å². The number of aliphatic hydroxyl groups is 1. The van der Waals surface area contributed by atoms with Gasteiger partial charge in [-0.15, -0.1) is 0 Å². The molecule has 0 aromatic heterocycles. The van der Waals surface area contributed by atoms with Crippen molar-refractivity contribution in [3.05, 3.63) is 0 Å². The highest BCUT2D eigenvalue weighted by molar-refractivity contribution is 8.00. The summed E-state index contributed by atoms with van der Waals surface area (Å²) >= 11 is 1.73. The number of nitrogens with two attached hydrogens (primary N) is 1. The Morgan fingerprint density at radius 3 is 2.92 bits per heavy atom. The van der Waals surface area contributed by atoms with Crippen molar-refractivity contribution in [2.24, 2.45) is 5.73 Å². The molecule has 3 nitrogen and oxygen atoms in total. The van der Waals surface area contributed by atoms with Crippen LogP contribution in [0.1, 0.15) is 19.8 Å². The van der Waals surface area contributed by atoms with Crippen LogP contribution in [0.25, 0.3) is 0 Å². The third kappa shape index (κ3) is 3.85. The summed E-state index contributed by atoms with van der Waals surface area (Å²) in [6, 6.07) is 0.0522. The molecule has 3 unspecified atom stereocenters. The highest BCUT2D eigenvalue weighted by Crippen LogP contribution is 2.21. The van der Waals surface area contributed by atoms with Gasteiger partial charge in [0, 0.05) is 23.7 Å². The van der Waals surface area contributed by atoms with E-state index in [1.54, 1.807) is 11.8 Å². The lowest BCUT2D eigenvalue weighted by atomic mass is 10.2. The highest BCUT2D eigenvalue weighted by atomic mass is 32.2. The molecular weight excluding hydrogens is 186 g/mol. The van der Waals surface area contributed by atoms with Crippen LogP contribution >= 0.6 is 11.8 Å². The lowest BCUT2D eigenvalue weighted by Gasteiger charge is -2.19. The minimum Gasteiger partial charge on any atom is -0.395 e. The second-order valence-corrected chi connectivity index (χ2v) is 4.82. The number of hydrogen-bond acceptors (Lipinski definition) is 4. The van der Waals surface area contributed by atoms with E-state index in [1.165, 1.54) is 6.42 Å². The van der Waals surface area contributed by atoms with Gasteiger partial charge in [0.05, 0.1) is 12.7 Å². The van der Waals surface area contributed by atoms with Crippen LogP contribution in [0.3, 0.4) is 0 Å². The van der Waals surface area contributed by atoms with Crippen LogP contribution < -0.4 is 5.73 Å². The van der Waals surface area contributed by atoms with Gasteiger partial charge in [0.15, 0.2) is 0 Å². The predicted molar refractivity (Wildman–Crippen MR) is 56.0 cm³/mol. The SMILES string of the molecule is CC(N)C(CO)SCC1CCCO1.